The van der Waals surface area contributed by atoms with Crippen LogP contribution in [-0.2, 0) is 11.2 Å². The quantitative estimate of drug-likeness (QED) is 0.874. The fraction of sp³-hybridized carbons (Fsp3) is 0.588. The Morgan fingerprint density at radius 3 is 2.71 bits per heavy atom. The Morgan fingerprint density at radius 1 is 1.33 bits per heavy atom. The highest BCUT2D eigenvalue weighted by molar-refractivity contribution is 5.78. The van der Waals surface area contributed by atoms with Crippen LogP contribution in [0.25, 0.3) is 0 Å². The molecule has 1 heterocycles. The van der Waals surface area contributed by atoms with Gasteiger partial charge in [-0.05, 0) is 56.9 Å². The number of hydrogen-bond acceptors (Lipinski definition) is 2. The number of benzene rings is 1. The molecule has 0 radical (unpaired) electrons. The summed E-state index contributed by atoms with van der Waals surface area (Å²) in [5.41, 5.74) is 0.663. The number of nitrogens with zero attached hydrogens (tertiary/aromatic N) is 1. The van der Waals surface area contributed by atoms with E-state index in [0.29, 0.717) is 18.5 Å². The maximum absolute atomic E-state index is 13.5. The first-order valence-electron chi connectivity index (χ1n) is 7.94. The Hall–Kier alpha value is -1.42. The zero-order valence-electron chi connectivity index (χ0n) is 12.8. The predicted octanol–water partition coefficient (Wildman–Crippen LogP) is 2.61. The highest BCUT2D eigenvalue weighted by atomic mass is 19.1. The van der Waals surface area contributed by atoms with Crippen molar-refractivity contribution in [2.24, 2.45) is 5.92 Å². The van der Waals surface area contributed by atoms with Gasteiger partial charge in [-0.1, -0.05) is 25.1 Å². The van der Waals surface area contributed by atoms with Crippen LogP contribution >= 0.6 is 0 Å². The van der Waals surface area contributed by atoms with Crippen molar-refractivity contribution < 1.29 is 9.18 Å². The first-order valence-corrected chi connectivity index (χ1v) is 7.94. The van der Waals surface area contributed by atoms with Gasteiger partial charge in [-0.25, -0.2) is 4.39 Å². The summed E-state index contributed by atoms with van der Waals surface area (Å²) in [4.78, 5) is 14.5. The Bertz CT molecular complexity index is 456. The largest absolute Gasteiger partial charge is 0.356 e. The van der Waals surface area contributed by atoms with Gasteiger partial charge in [-0.2, -0.15) is 0 Å². The van der Waals surface area contributed by atoms with Crippen molar-refractivity contribution in [3.05, 3.63) is 35.6 Å². The number of hydrogen-bond donors (Lipinski definition) is 1. The number of amides is 1. The second kappa shape index (κ2) is 8.13. The topological polar surface area (TPSA) is 32.3 Å². The summed E-state index contributed by atoms with van der Waals surface area (Å²) >= 11 is 0. The minimum absolute atomic E-state index is 0.124. The normalized spacial score (nSPS) is 16.9. The number of nitrogens with one attached hydrogen (secondary N) is 1. The number of piperidine rings is 1. The molecule has 0 atom stereocenters. The van der Waals surface area contributed by atoms with Crippen LogP contribution < -0.4 is 5.32 Å². The van der Waals surface area contributed by atoms with E-state index in [1.54, 1.807) is 12.1 Å². The number of likely N-dealkylation sites (tertiary alicyclic amines) is 1. The summed E-state index contributed by atoms with van der Waals surface area (Å²) in [5, 5.41) is 2.95. The van der Waals surface area contributed by atoms with E-state index in [2.05, 4.69) is 17.1 Å². The van der Waals surface area contributed by atoms with Gasteiger partial charge in [0.05, 0.1) is 0 Å². The first-order chi connectivity index (χ1) is 10.2. The fourth-order valence-electron chi connectivity index (χ4n) is 2.90. The maximum Gasteiger partial charge on any atom is 0.223 e. The van der Waals surface area contributed by atoms with Gasteiger partial charge < -0.3 is 10.2 Å². The van der Waals surface area contributed by atoms with Crippen LogP contribution in [-0.4, -0.2) is 37.0 Å². The van der Waals surface area contributed by atoms with Crippen molar-refractivity contribution in [2.45, 2.75) is 32.6 Å². The number of carbonyl (C=O) groups is 1. The Balaban J connectivity index is 1.70. The molecular weight excluding hydrogens is 267 g/mol. The molecule has 3 nitrogen and oxygen atoms in total. The monoisotopic (exact) mass is 292 g/mol. The van der Waals surface area contributed by atoms with Crippen molar-refractivity contribution in [3.63, 3.8) is 0 Å². The lowest BCUT2D eigenvalue weighted by atomic mass is 9.95. The predicted molar refractivity (Wildman–Crippen MR) is 82.6 cm³/mol. The Kier molecular flexibility index (Phi) is 6.18. The minimum Gasteiger partial charge on any atom is -0.356 e. The third kappa shape index (κ3) is 4.81. The molecule has 1 N–H and O–H groups in total. The molecule has 1 aromatic carbocycles. The fourth-order valence-corrected chi connectivity index (χ4v) is 2.90. The van der Waals surface area contributed by atoms with E-state index in [-0.39, 0.29) is 17.6 Å². The van der Waals surface area contributed by atoms with Crippen molar-refractivity contribution >= 4 is 5.91 Å². The van der Waals surface area contributed by atoms with Gasteiger partial charge in [0.25, 0.3) is 0 Å². The standard InChI is InChI=1S/C17H25FN2O/c1-2-11-20-12-8-15(9-13-20)17(21)19-10-7-14-5-3-4-6-16(14)18/h3-6,15H,2,7-13H2,1H3,(H,19,21). The summed E-state index contributed by atoms with van der Waals surface area (Å²) in [6.07, 6.45) is 3.59. The number of rotatable bonds is 6. The van der Waals surface area contributed by atoms with E-state index in [0.717, 1.165) is 32.5 Å². The molecule has 0 saturated carbocycles. The average Bonchev–Trinajstić information content (AvgIpc) is 2.50. The first kappa shape index (κ1) is 16.0. The summed E-state index contributed by atoms with van der Waals surface area (Å²) in [6, 6.07) is 6.73. The van der Waals surface area contributed by atoms with Gasteiger partial charge in [-0.15, -0.1) is 0 Å². The molecule has 0 spiro atoms. The second-order valence-corrected chi connectivity index (χ2v) is 5.75. The van der Waals surface area contributed by atoms with Crippen LogP contribution in [0.15, 0.2) is 24.3 Å². The van der Waals surface area contributed by atoms with Gasteiger partial charge in [-0.3, -0.25) is 4.79 Å². The summed E-state index contributed by atoms with van der Waals surface area (Å²) in [5.74, 6) is 0.0563. The summed E-state index contributed by atoms with van der Waals surface area (Å²) < 4.78 is 13.5. The molecule has 1 aromatic rings. The molecule has 4 heteroatoms. The molecule has 1 amide bonds. The molecule has 0 bridgehead atoms. The molecule has 2 rings (SSSR count). The smallest absolute Gasteiger partial charge is 0.223 e. The van der Waals surface area contributed by atoms with Crippen LogP contribution in [0, 0.1) is 11.7 Å². The molecule has 0 aromatic heterocycles. The highest BCUT2D eigenvalue weighted by Gasteiger charge is 2.24. The van der Waals surface area contributed by atoms with Gasteiger partial charge in [0, 0.05) is 12.5 Å². The average molecular weight is 292 g/mol. The van der Waals surface area contributed by atoms with Crippen LogP contribution in [0.5, 0.6) is 0 Å². The lowest BCUT2D eigenvalue weighted by molar-refractivity contribution is -0.126. The van der Waals surface area contributed by atoms with Crippen LogP contribution in [0.3, 0.4) is 0 Å². The van der Waals surface area contributed by atoms with E-state index >= 15 is 0 Å². The zero-order chi connectivity index (χ0) is 15.1. The molecule has 0 aliphatic carbocycles. The molecule has 0 unspecified atom stereocenters. The molecule has 1 aliphatic rings. The SMILES string of the molecule is CCCN1CCC(C(=O)NCCc2ccccc2F)CC1. The van der Waals surface area contributed by atoms with Gasteiger partial charge in [0.15, 0.2) is 0 Å². The lowest BCUT2D eigenvalue weighted by Crippen LogP contribution is -2.41. The highest BCUT2D eigenvalue weighted by Crippen LogP contribution is 2.17. The van der Waals surface area contributed by atoms with Crippen LogP contribution in [0.4, 0.5) is 4.39 Å². The lowest BCUT2D eigenvalue weighted by Gasteiger charge is -2.30. The van der Waals surface area contributed by atoms with E-state index in [1.807, 2.05) is 6.07 Å². The van der Waals surface area contributed by atoms with Gasteiger partial charge in [0.2, 0.25) is 5.91 Å². The molecule has 1 saturated heterocycles. The third-order valence-corrected chi connectivity index (χ3v) is 4.15. The van der Waals surface area contributed by atoms with Crippen molar-refractivity contribution in [1.82, 2.24) is 10.2 Å². The summed E-state index contributed by atoms with van der Waals surface area (Å²) in [6.45, 7) is 5.84. The third-order valence-electron chi connectivity index (χ3n) is 4.15. The summed E-state index contributed by atoms with van der Waals surface area (Å²) in [7, 11) is 0. The Morgan fingerprint density at radius 2 is 2.05 bits per heavy atom. The second-order valence-electron chi connectivity index (χ2n) is 5.75. The number of carbonyl (C=O) groups excluding carboxylic acids is 1. The van der Waals surface area contributed by atoms with Gasteiger partial charge >= 0.3 is 0 Å². The van der Waals surface area contributed by atoms with E-state index < -0.39 is 0 Å². The molecule has 21 heavy (non-hydrogen) atoms. The molecular formula is C17H25FN2O. The van der Waals surface area contributed by atoms with Gasteiger partial charge in [0.1, 0.15) is 5.82 Å². The van der Waals surface area contributed by atoms with E-state index in [1.165, 1.54) is 12.5 Å². The van der Waals surface area contributed by atoms with Crippen molar-refractivity contribution in [3.8, 4) is 0 Å². The zero-order valence-corrected chi connectivity index (χ0v) is 12.8. The minimum atomic E-state index is -0.195. The van der Waals surface area contributed by atoms with E-state index in [9.17, 15) is 9.18 Å². The number of halogens is 1. The maximum atomic E-state index is 13.5. The molecule has 1 fully saturated rings. The molecule has 1 aliphatic heterocycles. The van der Waals surface area contributed by atoms with E-state index in [4.69, 9.17) is 0 Å². The van der Waals surface area contributed by atoms with Crippen LogP contribution in [0.2, 0.25) is 0 Å². The van der Waals surface area contributed by atoms with Crippen LogP contribution in [0.1, 0.15) is 31.7 Å². The Labute approximate surface area is 126 Å². The van der Waals surface area contributed by atoms with Crippen molar-refractivity contribution in [1.29, 1.82) is 0 Å². The molecule has 116 valence electrons. The van der Waals surface area contributed by atoms with Crippen molar-refractivity contribution in [2.75, 3.05) is 26.2 Å².